The first kappa shape index (κ1) is 24.8. The summed E-state index contributed by atoms with van der Waals surface area (Å²) in [5.74, 6) is 0.435. The second-order valence-electron chi connectivity index (χ2n) is 7.35. The first-order valence-electron chi connectivity index (χ1n) is 10.8. The molecule has 2 N–H and O–H groups in total. The van der Waals surface area contributed by atoms with E-state index in [1.165, 1.54) is 36.0 Å². The number of hydrogen-bond acceptors (Lipinski definition) is 6. The molecule has 3 aromatic rings. The number of non-ortho nitro benzene ring substituents is 1. The molecule has 8 nitrogen and oxygen atoms in total. The minimum atomic E-state index is -0.545. The van der Waals surface area contributed by atoms with Crippen LogP contribution in [0.2, 0.25) is 0 Å². The highest BCUT2D eigenvalue weighted by Crippen LogP contribution is 2.22. The molecule has 0 atom stereocenters. The molecule has 0 aromatic heterocycles. The SMILES string of the molecule is CCCCOc1ccc(NC(=O)CSc2ccc(NC(=O)c3cccc([N+](=O)[O-])c3)cc2)cc1. The van der Waals surface area contributed by atoms with Crippen LogP contribution in [0.25, 0.3) is 0 Å². The lowest BCUT2D eigenvalue weighted by atomic mass is 10.2. The monoisotopic (exact) mass is 479 g/mol. The second-order valence-corrected chi connectivity index (χ2v) is 8.40. The van der Waals surface area contributed by atoms with Gasteiger partial charge in [-0.05, 0) is 61.0 Å². The van der Waals surface area contributed by atoms with E-state index < -0.39 is 10.8 Å². The zero-order chi connectivity index (χ0) is 24.3. The van der Waals surface area contributed by atoms with Crippen LogP contribution >= 0.6 is 11.8 Å². The lowest BCUT2D eigenvalue weighted by molar-refractivity contribution is -0.384. The summed E-state index contributed by atoms with van der Waals surface area (Å²) in [6.07, 6.45) is 2.07. The van der Waals surface area contributed by atoms with E-state index in [2.05, 4.69) is 17.6 Å². The van der Waals surface area contributed by atoms with Crippen molar-refractivity contribution < 1.29 is 19.2 Å². The average molecular weight is 480 g/mol. The van der Waals surface area contributed by atoms with Crippen LogP contribution in [0, 0.1) is 10.1 Å². The number of benzene rings is 3. The van der Waals surface area contributed by atoms with E-state index >= 15 is 0 Å². The zero-order valence-electron chi connectivity index (χ0n) is 18.7. The first-order chi connectivity index (χ1) is 16.4. The van der Waals surface area contributed by atoms with E-state index in [1.54, 1.807) is 24.3 Å². The lowest BCUT2D eigenvalue weighted by Gasteiger charge is -2.09. The standard InChI is InChI=1S/C25H25N3O5S/c1-2-3-15-33-22-11-7-19(8-12-22)26-24(29)17-34-23-13-9-20(10-14-23)27-25(30)18-5-4-6-21(16-18)28(31)32/h4-14,16H,2-3,15,17H2,1H3,(H,26,29)(H,27,30). The van der Waals surface area contributed by atoms with Crippen LogP contribution < -0.4 is 15.4 Å². The highest BCUT2D eigenvalue weighted by molar-refractivity contribution is 8.00. The van der Waals surface area contributed by atoms with E-state index in [-0.39, 0.29) is 22.9 Å². The van der Waals surface area contributed by atoms with E-state index in [1.807, 2.05) is 24.3 Å². The Bertz CT molecular complexity index is 1130. The molecular formula is C25H25N3O5S. The van der Waals surface area contributed by atoms with Gasteiger partial charge in [0, 0.05) is 34.0 Å². The van der Waals surface area contributed by atoms with Crippen LogP contribution in [0.5, 0.6) is 5.75 Å². The van der Waals surface area contributed by atoms with Crippen LogP contribution in [0.1, 0.15) is 30.1 Å². The Labute approximate surface area is 201 Å². The van der Waals surface area contributed by atoms with Gasteiger partial charge in [0.25, 0.3) is 11.6 Å². The molecule has 2 amide bonds. The van der Waals surface area contributed by atoms with E-state index in [0.717, 1.165) is 23.5 Å². The number of amides is 2. The lowest BCUT2D eigenvalue weighted by Crippen LogP contribution is -2.14. The molecule has 0 spiro atoms. The first-order valence-corrected chi connectivity index (χ1v) is 11.7. The van der Waals surface area contributed by atoms with Crippen LogP contribution in [-0.4, -0.2) is 29.1 Å². The van der Waals surface area contributed by atoms with Gasteiger partial charge in [-0.3, -0.25) is 19.7 Å². The maximum atomic E-state index is 12.3. The summed E-state index contributed by atoms with van der Waals surface area (Å²) >= 11 is 1.37. The number of ether oxygens (including phenoxy) is 1. The Morgan fingerprint density at radius 2 is 1.65 bits per heavy atom. The van der Waals surface area contributed by atoms with Gasteiger partial charge in [-0.15, -0.1) is 11.8 Å². The fourth-order valence-corrected chi connectivity index (χ4v) is 3.61. The molecule has 0 bridgehead atoms. The fraction of sp³-hybridized carbons (Fsp3) is 0.200. The van der Waals surface area contributed by atoms with Crippen molar-refractivity contribution in [3.05, 3.63) is 88.5 Å². The Morgan fingerprint density at radius 3 is 2.32 bits per heavy atom. The molecule has 0 saturated carbocycles. The van der Waals surface area contributed by atoms with Crippen molar-refractivity contribution >= 4 is 40.6 Å². The summed E-state index contributed by atoms with van der Waals surface area (Å²) in [5.41, 5.74) is 1.30. The Kier molecular flexibility index (Phi) is 9.04. The zero-order valence-corrected chi connectivity index (χ0v) is 19.5. The molecule has 176 valence electrons. The molecule has 0 radical (unpaired) electrons. The van der Waals surface area contributed by atoms with E-state index in [0.29, 0.717) is 18.0 Å². The van der Waals surface area contributed by atoms with Gasteiger partial charge < -0.3 is 15.4 Å². The molecule has 3 rings (SSSR count). The number of nitro benzene ring substituents is 1. The second kappa shape index (κ2) is 12.4. The molecule has 0 aliphatic carbocycles. The predicted octanol–water partition coefficient (Wildman–Crippen LogP) is 5.76. The molecule has 9 heteroatoms. The molecule has 0 heterocycles. The minimum Gasteiger partial charge on any atom is -0.494 e. The van der Waals surface area contributed by atoms with Gasteiger partial charge in [0.2, 0.25) is 5.91 Å². The van der Waals surface area contributed by atoms with Crippen LogP contribution in [0.15, 0.2) is 77.7 Å². The molecular weight excluding hydrogens is 454 g/mol. The average Bonchev–Trinajstić information content (AvgIpc) is 2.85. The summed E-state index contributed by atoms with van der Waals surface area (Å²) < 4.78 is 5.62. The van der Waals surface area contributed by atoms with Crippen molar-refractivity contribution in [1.82, 2.24) is 0 Å². The van der Waals surface area contributed by atoms with E-state index in [4.69, 9.17) is 4.74 Å². The maximum Gasteiger partial charge on any atom is 0.270 e. The number of thioether (sulfide) groups is 1. The maximum absolute atomic E-state index is 12.3. The van der Waals surface area contributed by atoms with Crippen molar-refractivity contribution in [2.24, 2.45) is 0 Å². The number of nitrogens with one attached hydrogen (secondary N) is 2. The highest BCUT2D eigenvalue weighted by atomic mass is 32.2. The molecule has 3 aromatic carbocycles. The van der Waals surface area contributed by atoms with Gasteiger partial charge in [-0.2, -0.15) is 0 Å². The number of hydrogen-bond donors (Lipinski definition) is 2. The molecule has 0 aliphatic rings. The third-order valence-electron chi connectivity index (χ3n) is 4.71. The third kappa shape index (κ3) is 7.63. The predicted molar refractivity (Wildman–Crippen MR) is 134 cm³/mol. The number of nitro groups is 1. The van der Waals surface area contributed by atoms with Crippen LogP contribution in [0.3, 0.4) is 0 Å². The number of rotatable bonds is 11. The summed E-state index contributed by atoms with van der Waals surface area (Å²) in [7, 11) is 0. The summed E-state index contributed by atoms with van der Waals surface area (Å²) in [6.45, 7) is 2.78. The number of carbonyl (C=O) groups is 2. The summed E-state index contributed by atoms with van der Waals surface area (Å²) in [6, 6.07) is 19.8. The van der Waals surface area contributed by atoms with E-state index in [9.17, 15) is 19.7 Å². The molecule has 0 aliphatic heterocycles. The summed E-state index contributed by atoms with van der Waals surface area (Å²) in [4.78, 5) is 35.8. The Hall–Kier alpha value is -3.85. The van der Waals surface area contributed by atoms with Crippen LogP contribution in [-0.2, 0) is 4.79 Å². The molecule has 0 saturated heterocycles. The van der Waals surface area contributed by atoms with Crippen LogP contribution in [0.4, 0.5) is 17.1 Å². The van der Waals surface area contributed by atoms with Gasteiger partial charge in [-0.1, -0.05) is 19.4 Å². The van der Waals surface area contributed by atoms with Gasteiger partial charge in [0.05, 0.1) is 17.3 Å². The molecule has 0 unspecified atom stereocenters. The van der Waals surface area contributed by atoms with Crippen molar-refractivity contribution in [2.75, 3.05) is 23.0 Å². The summed E-state index contributed by atoms with van der Waals surface area (Å²) in [5, 5.41) is 16.4. The van der Waals surface area contributed by atoms with Gasteiger partial charge in [0.1, 0.15) is 5.75 Å². The van der Waals surface area contributed by atoms with Crippen molar-refractivity contribution in [3.63, 3.8) is 0 Å². The molecule has 34 heavy (non-hydrogen) atoms. The molecule has 0 fully saturated rings. The number of unbranched alkanes of at least 4 members (excludes halogenated alkanes) is 1. The number of anilines is 2. The third-order valence-corrected chi connectivity index (χ3v) is 5.72. The fourth-order valence-electron chi connectivity index (χ4n) is 2.91. The Balaban J connectivity index is 1.46. The van der Waals surface area contributed by atoms with Crippen molar-refractivity contribution in [1.29, 1.82) is 0 Å². The Morgan fingerprint density at radius 1 is 0.971 bits per heavy atom. The quantitative estimate of drug-likeness (QED) is 0.157. The topological polar surface area (TPSA) is 111 Å². The van der Waals surface area contributed by atoms with Gasteiger partial charge in [0.15, 0.2) is 0 Å². The minimum absolute atomic E-state index is 0.132. The number of nitrogens with zero attached hydrogens (tertiary/aromatic N) is 1. The van der Waals surface area contributed by atoms with Crippen molar-refractivity contribution in [2.45, 2.75) is 24.7 Å². The van der Waals surface area contributed by atoms with Crippen molar-refractivity contribution in [3.8, 4) is 5.75 Å². The van der Waals surface area contributed by atoms with Gasteiger partial charge in [-0.25, -0.2) is 0 Å². The largest absolute Gasteiger partial charge is 0.494 e. The normalized spacial score (nSPS) is 10.4. The number of carbonyl (C=O) groups excluding carboxylic acids is 2. The highest BCUT2D eigenvalue weighted by Gasteiger charge is 2.12. The smallest absolute Gasteiger partial charge is 0.270 e. The van der Waals surface area contributed by atoms with Gasteiger partial charge >= 0.3 is 0 Å².